The Hall–Kier alpha value is -1.18. The van der Waals surface area contributed by atoms with Crippen LogP contribution in [0.4, 0.5) is 5.82 Å². The normalized spacial score (nSPS) is 18.6. The molecule has 0 aromatic carbocycles. The van der Waals surface area contributed by atoms with E-state index in [1.54, 1.807) is 0 Å². The second kappa shape index (κ2) is 4.25. The van der Waals surface area contributed by atoms with Gasteiger partial charge in [-0.1, -0.05) is 0 Å². The van der Waals surface area contributed by atoms with Gasteiger partial charge in [-0.05, 0) is 31.4 Å². The largest absolute Gasteiger partial charge is 0.394 e. The van der Waals surface area contributed by atoms with Crippen molar-refractivity contribution in [3.05, 3.63) is 18.3 Å². The minimum atomic E-state index is -3.72. The van der Waals surface area contributed by atoms with Crippen LogP contribution in [0.3, 0.4) is 0 Å². The maximum Gasteiger partial charge on any atom is 0.244 e. The molecule has 0 spiro atoms. The standard InChI is InChI=1S/C10H15N3O3S/c11-9-8(3-1-6-12-9)17(15,16)13-10(7-14)4-2-5-10/h1,3,6,13-14H,2,4-5,7H2,(H2,11,12). The van der Waals surface area contributed by atoms with E-state index in [1.165, 1.54) is 18.3 Å². The van der Waals surface area contributed by atoms with Gasteiger partial charge in [0.05, 0.1) is 12.1 Å². The molecule has 17 heavy (non-hydrogen) atoms. The van der Waals surface area contributed by atoms with E-state index in [4.69, 9.17) is 5.73 Å². The van der Waals surface area contributed by atoms with Crippen LogP contribution in [0.2, 0.25) is 0 Å². The second-order valence-electron chi connectivity index (χ2n) is 4.28. The summed E-state index contributed by atoms with van der Waals surface area (Å²) in [6.07, 6.45) is 3.62. The minimum absolute atomic E-state index is 0.0348. The average Bonchev–Trinajstić information content (AvgIpc) is 2.24. The first-order valence-corrected chi connectivity index (χ1v) is 6.83. The van der Waals surface area contributed by atoms with Crippen molar-refractivity contribution in [2.75, 3.05) is 12.3 Å². The Morgan fingerprint density at radius 3 is 2.71 bits per heavy atom. The molecule has 94 valence electrons. The number of pyridine rings is 1. The monoisotopic (exact) mass is 257 g/mol. The SMILES string of the molecule is Nc1ncccc1S(=O)(=O)NC1(CO)CCC1. The van der Waals surface area contributed by atoms with Gasteiger partial charge < -0.3 is 10.8 Å². The molecule has 6 nitrogen and oxygen atoms in total. The molecule has 1 aliphatic carbocycles. The first-order valence-electron chi connectivity index (χ1n) is 5.34. The van der Waals surface area contributed by atoms with E-state index < -0.39 is 15.6 Å². The van der Waals surface area contributed by atoms with Crippen LogP contribution in [0, 0.1) is 0 Å². The number of anilines is 1. The van der Waals surface area contributed by atoms with Crippen molar-refractivity contribution < 1.29 is 13.5 Å². The Labute approximate surface area is 99.9 Å². The number of nitrogens with two attached hydrogens (primary N) is 1. The Morgan fingerprint density at radius 1 is 1.53 bits per heavy atom. The third-order valence-electron chi connectivity index (χ3n) is 3.05. The number of nitrogens with one attached hydrogen (secondary N) is 1. The van der Waals surface area contributed by atoms with E-state index in [2.05, 4.69) is 9.71 Å². The first-order chi connectivity index (χ1) is 7.99. The van der Waals surface area contributed by atoms with Gasteiger partial charge in [0.25, 0.3) is 0 Å². The number of aliphatic hydroxyl groups excluding tert-OH is 1. The van der Waals surface area contributed by atoms with Crippen molar-refractivity contribution in [3.8, 4) is 0 Å². The van der Waals surface area contributed by atoms with Crippen molar-refractivity contribution in [2.24, 2.45) is 0 Å². The number of rotatable bonds is 4. The summed E-state index contributed by atoms with van der Waals surface area (Å²) in [5.74, 6) is -0.0348. The molecule has 0 aliphatic heterocycles. The lowest BCUT2D eigenvalue weighted by atomic mass is 9.78. The quantitative estimate of drug-likeness (QED) is 0.696. The van der Waals surface area contributed by atoms with Gasteiger partial charge in [-0.25, -0.2) is 18.1 Å². The number of hydrogen-bond donors (Lipinski definition) is 3. The molecule has 1 aromatic rings. The smallest absolute Gasteiger partial charge is 0.244 e. The van der Waals surface area contributed by atoms with Crippen molar-refractivity contribution in [1.82, 2.24) is 9.71 Å². The molecule has 0 radical (unpaired) electrons. The van der Waals surface area contributed by atoms with Crippen LogP contribution in [-0.4, -0.2) is 30.7 Å². The van der Waals surface area contributed by atoms with Crippen LogP contribution >= 0.6 is 0 Å². The van der Waals surface area contributed by atoms with E-state index in [-0.39, 0.29) is 17.3 Å². The van der Waals surface area contributed by atoms with Gasteiger partial charge in [-0.15, -0.1) is 0 Å². The van der Waals surface area contributed by atoms with Crippen molar-refractivity contribution in [2.45, 2.75) is 29.7 Å². The van der Waals surface area contributed by atoms with Crippen LogP contribution in [0.1, 0.15) is 19.3 Å². The molecule has 2 rings (SSSR count). The van der Waals surface area contributed by atoms with Gasteiger partial charge in [0.2, 0.25) is 10.0 Å². The van der Waals surface area contributed by atoms with E-state index in [0.29, 0.717) is 12.8 Å². The van der Waals surface area contributed by atoms with Gasteiger partial charge in [-0.3, -0.25) is 0 Å². The molecule has 1 fully saturated rings. The molecule has 0 saturated heterocycles. The Kier molecular flexibility index (Phi) is 3.07. The summed E-state index contributed by atoms with van der Waals surface area (Å²) in [4.78, 5) is 3.70. The molecule has 0 bridgehead atoms. The molecule has 1 aliphatic rings. The van der Waals surface area contributed by atoms with Crippen LogP contribution in [-0.2, 0) is 10.0 Å². The number of hydrogen-bond acceptors (Lipinski definition) is 5. The molecule has 4 N–H and O–H groups in total. The summed E-state index contributed by atoms with van der Waals surface area (Å²) >= 11 is 0. The van der Waals surface area contributed by atoms with Crippen molar-refractivity contribution >= 4 is 15.8 Å². The third-order valence-corrected chi connectivity index (χ3v) is 4.68. The van der Waals surface area contributed by atoms with E-state index >= 15 is 0 Å². The molecule has 7 heteroatoms. The van der Waals surface area contributed by atoms with Crippen LogP contribution in [0.5, 0.6) is 0 Å². The van der Waals surface area contributed by atoms with Crippen molar-refractivity contribution in [3.63, 3.8) is 0 Å². The first kappa shape index (κ1) is 12.3. The lowest BCUT2D eigenvalue weighted by Gasteiger charge is -2.40. The summed E-state index contributed by atoms with van der Waals surface area (Å²) in [5.41, 5.74) is 4.81. The van der Waals surface area contributed by atoms with Crippen molar-refractivity contribution in [1.29, 1.82) is 0 Å². The molecule has 1 heterocycles. The topological polar surface area (TPSA) is 105 Å². The molecule has 1 saturated carbocycles. The second-order valence-corrected chi connectivity index (χ2v) is 5.94. The van der Waals surface area contributed by atoms with Crippen LogP contribution < -0.4 is 10.5 Å². The Balaban J connectivity index is 2.29. The summed E-state index contributed by atoms with van der Waals surface area (Å²) in [6, 6.07) is 2.91. The van der Waals surface area contributed by atoms with Gasteiger partial charge >= 0.3 is 0 Å². The number of sulfonamides is 1. The zero-order chi connectivity index (χ0) is 12.5. The zero-order valence-electron chi connectivity index (χ0n) is 9.26. The predicted molar refractivity (Wildman–Crippen MR) is 62.6 cm³/mol. The summed E-state index contributed by atoms with van der Waals surface area (Å²) in [6.45, 7) is -0.202. The molecule has 0 amide bonds. The number of nitrogen functional groups attached to an aromatic ring is 1. The van der Waals surface area contributed by atoms with E-state index in [0.717, 1.165) is 6.42 Å². The lowest BCUT2D eigenvalue weighted by molar-refractivity contribution is 0.110. The highest BCUT2D eigenvalue weighted by Gasteiger charge is 2.40. The number of nitrogens with zero attached hydrogens (tertiary/aromatic N) is 1. The maximum absolute atomic E-state index is 12.1. The zero-order valence-corrected chi connectivity index (χ0v) is 10.1. The number of aromatic nitrogens is 1. The Morgan fingerprint density at radius 2 is 2.24 bits per heavy atom. The van der Waals surface area contributed by atoms with E-state index in [9.17, 15) is 13.5 Å². The molecule has 1 aromatic heterocycles. The highest BCUT2D eigenvalue weighted by molar-refractivity contribution is 7.89. The van der Waals surface area contributed by atoms with Crippen LogP contribution in [0.15, 0.2) is 23.2 Å². The maximum atomic E-state index is 12.1. The van der Waals surface area contributed by atoms with Gasteiger partial charge in [0.1, 0.15) is 10.7 Å². The molecular formula is C10H15N3O3S. The molecule has 0 atom stereocenters. The highest BCUT2D eigenvalue weighted by atomic mass is 32.2. The fourth-order valence-corrected chi connectivity index (χ4v) is 3.40. The number of aliphatic hydroxyl groups is 1. The highest BCUT2D eigenvalue weighted by Crippen LogP contribution is 2.33. The van der Waals surface area contributed by atoms with Crippen LogP contribution in [0.25, 0.3) is 0 Å². The molecule has 0 unspecified atom stereocenters. The summed E-state index contributed by atoms with van der Waals surface area (Å²) < 4.78 is 26.7. The average molecular weight is 257 g/mol. The van der Waals surface area contributed by atoms with Gasteiger partial charge in [0.15, 0.2) is 0 Å². The predicted octanol–water partition coefficient (Wildman–Crippen LogP) is -0.143. The van der Waals surface area contributed by atoms with Gasteiger partial charge in [-0.2, -0.15) is 0 Å². The Bertz CT molecular complexity index is 506. The molecular weight excluding hydrogens is 242 g/mol. The minimum Gasteiger partial charge on any atom is -0.394 e. The summed E-state index contributed by atoms with van der Waals surface area (Å²) in [5, 5.41) is 9.24. The summed E-state index contributed by atoms with van der Waals surface area (Å²) in [7, 11) is -3.72. The van der Waals surface area contributed by atoms with E-state index in [1.807, 2.05) is 0 Å². The van der Waals surface area contributed by atoms with Gasteiger partial charge in [0, 0.05) is 6.20 Å². The fraction of sp³-hybridized carbons (Fsp3) is 0.500. The lowest BCUT2D eigenvalue weighted by Crippen LogP contribution is -2.56. The fourth-order valence-electron chi connectivity index (χ4n) is 1.87. The third kappa shape index (κ3) is 2.26.